The maximum absolute atomic E-state index is 8.77. The molecule has 0 aromatic heterocycles. The predicted molar refractivity (Wildman–Crippen MR) is 228 cm³/mol. The van der Waals surface area contributed by atoms with Crippen LogP contribution in [0.2, 0.25) is 0 Å². The summed E-state index contributed by atoms with van der Waals surface area (Å²) in [4.78, 5) is 22.8. The number of morpholine rings is 1. The molecular formula is C40H84N13O2+3. The van der Waals surface area contributed by atoms with Crippen LogP contribution in [-0.4, -0.2) is 210 Å². The third-order valence-electron chi connectivity index (χ3n) is 13.1. The monoisotopic (exact) mass is 779 g/mol. The molecule has 3 rings (SSSR count). The Kier molecular flexibility index (Phi) is 19.2. The minimum atomic E-state index is 0.240. The van der Waals surface area contributed by atoms with E-state index in [4.69, 9.17) is 31.4 Å². The van der Waals surface area contributed by atoms with E-state index in [0.717, 1.165) is 126 Å². The number of likely N-dealkylation sites (N-methyl/N-ethyl adjacent to an activating group) is 2. The van der Waals surface area contributed by atoms with Gasteiger partial charge in [0.05, 0.1) is 85.7 Å². The highest BCUT2D eigenvalue weighted by molar-refractivity contribution is 5.94. The van der Waals surface area contributed by atoms with Crippen molar-refractivity contribution in [3.8, 4) is 0 Å². The molecule has 3 saturated heterocycles. The minimum Gasteiger partial charge on any atom is -0.396 e. The average Bonchev–Trinajstić information content (AvgIpc) is 3.63. The number of hydrogen-bond acceptors (Lipinski definition) is 4. The maximum Gasteiger partial charge on any atom is 0.265 e. The molecule has 3 aliphatic heterocycles. The molecule has 3 aliphatic rings. The zero-order valence-electron chi connectivity index (χ0n) is 36.8. The number of hydrogen-bond donors (Lipinski definition) is 3. The first kappa shape index (κ1) is 46.5. The Bertz CT molecular complexity index is 1230. The summed E-state index contributed by atoms with van der Waals surface area (Å²) >= 11 is 0. The Balaban J connectivity index is 1.49. The van der Waals surface area contributed by atoms with Gasteiger partial charge in [0.25, 0.3) is 5.96 Å². The fourth-order valence-corrected chi connectivity index (χ4v) is 8.75. The maximum atomic E-state index is 8.77. The molecule has 5 N–H and O–H groups in total. The number of aliphatic imine (C=N–C) groups is 2. The van der Waals surface area contributed by atoms with Crippen LogP contribution >= 0.6 is 0 Å². The van der Waals surface area contributed by atoms with Crippen molar-refractivity contribution in [2.45, 2.75) is 84.6 Å². The van der Waals surface area contributed by atoms with Gasteiger partial charge in [-0.1, -0.05) is 6.92 Å². The summed E-state index contributed by atoms with van der Waals surface area (Å²) in [5.41, 5.74) is 13.2. The van der Waals surface area contributed by atoms with E-state index in [2.05, 4.69) is 49.9 Å². The number of likely N-dealkylation sites (tertiary alicyclic amines) is 2. The molecule has 15 heteroatoms. The van der Waals surface area contributed by atoms with Crippen molar-refractivity contribution in [1.82, 2.24) is 19.6 Å². The lowest BCUT2D eigenvalue weighted by atomic mass is 10.1. The van der Waals surface area contributed by atoms with Gasteiger partial charge in [-0.05, 0) is 69.9 Å². The van der Waals surface area contributed by atoms with Crippen molar-refractivity contribution in [3.05, 3.63) is 0 Å². The topological polar surface area (TPSA) is 144 Å². The molecule has 0 aromatic carbocycles. The van der Waals surface area contributed by atoms with E-state index in [-0.39, 0.29) is 5.96 Å². The summed E-state index contributed by atoms with van der Waals surface area (Å²) in [6, 6.07) is 0.302. The van der Waals surface area contributed by atoms with Gasteiger partial charge in [0.2, 0.25) is 5.96 Å². The number of oxime groups is 1. The van der Waals surface area contributed by atoms with E-state index in [1.807, 2.05) is 35.8 Å². The smallest absolute Gasteiger partial charge is 0.265 e. The lowest BCUT2D eigenvalue weighted by Gasteiger charge is -2.41. The van der Waals surface area contributed by atoms with Crippen molar-refractivity contribution in [2.24, 2.45) is 32.5 Å². The number of quaternary nitrogens is 3. The van der Waals surface area contributed by atoms with E-state index in [0.29, 0.717) is 29.8 Å². The van der Waals surface area contributed by atoms with Gasteiger partial charge in [-0.2, -0.15) is 9.98 Å². The second-order valence-electron chi connectivity index (χ2n) is 17.6. The second kappa shape index (κ2) is 22.8. The third-order valence-corrected chi connectivity index (χ3v) is 13.1. The summed E-state index contributed by atoms with van der Waals surface area (Å²) < 4.78 is 8.84. The average molecular weight is 779 g/mol. The van der Waals surface area contributed by atoms with Crippen LogP contribution in [0.15, 0.2) is 15.1 Å². The summed E-state index contributed by atoms with van der Waals surface area (Å²) in [6.07, 6.45) is 10.6. The molecule has 0 saturated carbocycles. The molecule has 55 heavy (non-hydrogen) atoms. The molecule has 0 bridgehead atoms. The zero-order valence-corrected chi connectivity index (χ0v) is 36.8. The van der Waals surface area contributed by atoms with Crippen LogP contribution in [0.5, 0.6) is 0 Å². The Labute approximate surface area is 335 Å². The van der Waals surface area contributed by atoms with Crippen LogP contribution in [-0.2, 0) is 9.57 Å². The number of unbranched alkanes of at least 4 members (excludes halogenated alkanes) is 1. The quantitative estimate of drug-likeness (QED) is 0.0598. The highest BCUT2D eigenvalue weighted by atomic mass is 16.6. The highest BCUT2D eigenvalue weighted by Gasteiger charge is 2.35. The molecule has 0 radical (unpaired) electrons. The lowest BCUT2D eigenvalue weighted by molar-refractivity contribution is -0.926. The van der Waals surface area contributed by atoms with Crippen LogP contribution < -0.4 is 11.5 Å². The molecule has 3 heterocycles. The molecule has 0 amide bonds. The molecule has 0 aliphatic carbocycles. The molecular weight excluding hydrogens is 695 g/mol. The summed E-state index contributed by atoms with van der Waals surface area (Å²) in [5, 5.41) is 13.0. The number of nitrogens with two attached hydrogens (primary N) is 2. The van der Waals surface area contributed by atoms with Crippen molar-refractivity contribution in [1.29, 1.82) is 5.41 Å². The number of rotatable bonds is 19. The van der Waals surface area contributed by atoms with E-state index in [1.165, 1.54) is 49.8 Å². The largest absolute Gasteiger partial charge is 0.396 e. The molecule has 318 valence electrons. The standard InChI is InChI=1S/C40H84N13O2/c1-10-53(11-2,27-18-22-47(4)38(42)45-40(46-54-9)48(5)21-13-16-26-51(7)24-14-12-15-25-51)34-36-19-17-23-50(36)39(43)44-37(41)49(6)33-35(3)20-28-52(8)29-31-55-32-30-52/h35-36H,10-34H2,1-9H3,(H3,41,43,44)(H2,42,45,46)/q+3. The first-order chi connectivity index (χ1) is 26.2. The number of nitrogens with zero attached hydrogens (tertiary/aromatic N) is 10. The molecule has 3 fully saturated rings. The lowest BCUT2D eigenvalue weighted by Crippen LogP contribution is -2.57. The Morgan fingerprint density at radius 3 is 2.20 bits per heavy atom. The van der Waals surface area contributed by atoms with E-state index >= 15 is 0 Å². The van der Waals surface area contributed by atoms with Gasteiger partial charge in [0, 0.05) is 60.2 Å². The summed E-state index contributed by atoms with van der Waals surface area (Å²) in [7, 11) is 12.3. The molecule has 0 aromatic rings. The first-order valence-corrected chi connectivity index (χ1v) is 21.6. The fourth-order valence-electron chi connectivity index (χ4n) is 8.75. The summed E-state index contributed by atoms with van der Waals surface area (Å²) in [6.45, 7) is 23.2. The molecule has 2 atom stereocenters. The van der Waals surface area contributed by atoms with Gasteiger partial charge < -0.3 is 54.1 Å². The van der Waals surface area contributed by atoms with Crippen molar-refractivity contribution in [3.63, 3.8) is 0 Å². The summed E-state index contributed by atoms with van der Waals surface area (Å²) in [5.74, 6) is 2.13. The molecule has 2 unspecified atom stereocenters. The van der Waals surface area contributed by atoms with Crippen molar-refractivity contribution < 1.29 is 23.0 Å². The Morgan fingerprint density at radius 2 is 1.55 bits per heavy atom. The van der Waals surface area contributed by atoms with E-state index in [1.54, 1.807) is 7.11 Å². The van der Waals surface area contributed by atoms with Crippen LogP contribution in [0.1, 0.15) is 78.6 Å². The van der Waals surface area contributed by atoms with Gasteiger partial charge in [0.15, 0.2) is 11.9 Å². The third kappa shape index (κ3) is 15.2. The van der Waals surface area contributed by atoms with Crippen molar-refractivity contribution in [2.75, 3.05) is 147 Å². The van der Waals surface area contributed by atoms with Gasteiger partial charge in [-0.15, -0.1) is 0 Å². The number of piperidine rings is 1. The molecule has 0 spiro atoms. The van der Waals surface area contributed by atoms with Gasteiger partial charge in [-0.3, -0.25) is 5.41 Å². The predicted octanol–water partition coefficient (Wildman–Crippen LogP) is 2.89. The minimum absolute atomic E-state index is 0.240. The van der Waals surface area contributed by atoms with Gasteiger partial charge >= 0.3 is 0 Å². The normalized spacial score (nSPS) is 21.4. The van der Waals surface area contributed by atoms with Crippen LogP contribution in [0.4, 0.5) is 0 Å². The Hall–Kier alpha value is -2.88. The van der Waals surface area contributed by atoms with Gasteiger partial charge in [-0.25, -0.2) is 0 Å². The van der Waals surface area contributed by atoms with Crippen LogP contribution in [0, 0.1) is 11.3 Å². The van der Waals surface area contributed by atoms with Gasteiger partial charge in [0.1, 0.15) is 20.2 Å². The van der Waals surface area contributed by atoms with E-state index < -0.39 is 0 Å². The van der Waals surface area contributed by atoms with E-state index in [9.17, 15) is 0 Å². The van der Waals surface area contributed by atoms with Crippen molar-refractivity contribution >= 4 is 23.8 Å². The number of ether oxygens (including phenoxy) is 1. The van der Waals surface area contributed by atoms with Crippen LogP contribution in [0.25, 0.3) is 0 Å². The molecule has 15 nitrogen and oxygen atoms in total. The number of nitrogens with one attached hydrogen (secondary N) is 1. The first-order valence-electron chi connectivity index (χ1n) is 21.6. The number of guanidine groups is 4. The SMILES string of the molecule is CC[N+](CC)(CCCN(C)C(N)=NC(=NOC)N(C)CCCC[N+]1(C)CCCCC1)CC1CCCN1C(N)=NC(=N)N(C)CC(C)CC[N+]1(C)CCOCC1. The fraction of sp³-hybridized carbons (Fsp3) is 0.900. The zero-order chi connectivity index (χ0) is 40.5. The Morgan fingerprint density at radius 1 is 0.891 bits per heavy atom. The second-order valence-corrected chi connectivity index (χ2v) is 17.6. The van der Waals surface area contributed by atoms with Crippen LogP contribution in [0.3, 0.4) is 0 Å². The highest BCUT2D eigenvalue weighted by Crippen LogP contribution is 2.23.